The van der Waals surface area contributed by atoms with Crippen LogP contribution in [0, 0.1) is 12.8 Å². The molecule has 0 aliphatic carbocycles. The zero-order valence-corrected chi connectivity index (χ0v) is 17.5. The second-order valence-corrected chi connectivity index (χ2v) is 8.98. The van der Waals surface area contributed by atoms with Crippen molar-refractivity contribution in [3.63, 3.8) is 0 Å². The maximum Gasteiger partial charge on any atom is 0.250 e. The third-order valence-electron chi connectivity index (χ3n) is 3.64. The highest BCUT2D eigenvalue weighted by atomic mass is 127. The lowest BCUT2D eigenvalue weighted by Gasteiger charge is -2.31. The molecule has 0 radical (unpaired) electrons. The predicted octanol–water partition coefficient (Wildman–Crippen LogP) is 2.00. The predicted molar refractivity (Wildman–Crippen MR) is 106 cm³/mol. The van der Waals surface area contributed by atoms with E-state index in [2.05, 4.69) is 21.5 Å². The van der Waals surface area contributed by atoms with Gasteiger partial charge in [0.25, 0.3) is 0 Å². The Morgan fingerprint density at radius 3 is 2.87 bits per heavy atom. The third kappa shape index (κ3) is 6.20. The molecule has 0 aromatic carbocycles. The Balaban J connectivity index is 0.00000264. The minimum atomic E-state index is -3.43. The summed E-state index contributed by atoms with van der Waals surface area (Å²) in [7, 11) is -3.43. The van der Waals surface area contributed by atoms with Gasteiger partial charge < -0.3 is 10.6 Å². The summed E-state index contributed by atoms with van der Waals surface area (Å²) >= 11 is 1.26. The van der Waals surface area contributed by atoms with Crippen molar-refractivity contribution in [2.45, 2.75) is 30.9 Å². The van der Waals surface area contributed by atoms with Gasteiger partial charge in [0, 0.05) is 24.5 Å². The van der Waals surface area contributed by atoms with Crippen LogP contribution in [0.4, 0.5) is 0 Å². The van der Waals surface area contributed by atoms with Gasteiger partial charge in [-0.25, -0.2) is 13.1 Å². The summed E-state index contributed by atoms with van der Waals surface area (Å²) < 4.78 is 27.0. The average Bonchev–Trinajstić information content (AvgIpc) is 2.91. The van der Waals surface area contributed by atoms with E-state index >= 15 is 0 Å². The molecule has 9 heteroatoms. The van der Waals surface area contributed by atoms with E-state index in [1.807, 2.05) is 6.92 Å². The van der Waals surface area contributed by atoms with Crippen LogP contribution in [0.3, 0.4) is 0 Å². The number of aryl methyl sites for hydroxylation is 1. The summed E-state index contributed by atoms with van der Waals surface area (Å²) in [6, 6.07) is 3.42. The van der Waals surface area contributed by atoms with Crippen molar-refractivity contribution in [3.8, 4) is 0 Å². The van der Waals surface area contributed by atoms with E-state index < -0.39 is 10.0 Å². The molecule has 132 valence electrons. The molecule has 0 bridgehead atoms. The van der Waals surface area contributed by atoms with Crippen molar-refractivity contribution >= 4 is 51.3 Å². The second kappa shape index (κ2) is 9.19. The number of piperidine rings is 1. The summed E-state index contributed by atoms with van der Waals surface area (Å²) in [6.07, 6.45) is 2.35. The molecule has 1 atom stereocenters. The van der Waals surface area contributed by atoms with Crippen LogP contribution in [-0.4, -0.2) is 45.5 Å². The van der Waals surface area contributed by atoms with Gasteiger partial charge in [-0.15, -0.1) is 35.3 Å². The first-order chi connectivity index (χ1) is 10.4. The van der Waals surface area contributed by atoms with E-state index in [9.17, 15) is 8.42 Å². The van der Waals surface area contributed by atoms with Gasteiger partial charge in [-0.2, -0.15) is 0 Å². The Bertz CT molecular complexity index is 630. The highest BCUT2D eigenvalue weighted by Gasteiger charge is 2.18. The molecule has 0 saturated carbocycles. The molecule has 1 aromatic heterocycles. The summed E-state index contributed by atoms with van der Waals surface area (Å²) in [5, 5.41) is 0. The van der Waals surface area contributed by atoms with Crippen LogP contribution in [0.5, 0.6) is 0 Å². The van der Waals surface area contributed by atoms with Gasteiger partial charge >= 0.3 is 0 Å². The van der Waals surface area contributed by atoms with E-state index in [1.54, 1.807) is 12.1 Å². The van der Waals surface area contributed by atoms with Crippen molar-refractivity contribution in [3.05, 3.63) is 17.0 Å². The zero-order valence-electron chi connectivity index (χ0n) is 13.5. The minimum absolute atomic E-state index is 0. The number of guanidine groups is 1. The SMILES string of the molecule is Cc1ccc(S(=O)(=O)NCCN=C(N)N2CCCC(C)C2)s1.I. The van der Waals surface area contributed by atoms with Crippen LogP contribution in [0.15, 0.2) is 21.3 Å². The molecule has 0 amide bonds. The molecule has 1 saturated heterocycles. The van der Waals surface area contributed by atoms with Crippen LogP contribution in [0.2, 0.25) is 0 Å². The first-order valence-corrected chi connectivity index (χ1v) is 9.79. The number of nitrogens with one attached hydrogen (secondary N) is 1. The number of likely N-dealkylation sites (tertiary alicyclic amines) is 1. The summed E-state index contributed by atoms with van der Waals surface area (Å²) in [4.78, 5) is 7.33. The topological polar surface area (TPSA) is 87.8 Å². The van der Waals surface area contributed by atoms with Gasteiger partial charge in [0.1, 0.15) is 4.21 Å². The molecular weight excluding hydrogens is 447 g/mol. The van der Waals surface area contributed by atoms with Crippen molar-refractivity contribution in [2.24, 2.45) is 16.6 Å². The number of nitrogens with two attached hydrogens (primary N) is 1. The van der Waals surface area contributed by atoms with Crippen LogP contribution in [0.25, 0.3) is 0 Å². The number of sulfonamides is 1. The minimum Gasteiger partial charge on any atom is -0.370 e. The van der Waals surface area contributed by atoms with Gasteiger partial charge in [-0.3, -0.25) is 4.99 Å². The van der Waals surface area contributed by atoms with Crippen LogP contribution in [0.1, 0.15) is 24.6 Å². The lowest BCUT2D eigenvalue weighted by atomic mass is 10.0. The molecule has 2 rings (SSSR count). The fraction of sp³-hybridized carbons (Fsp3) is 0.643. The maximum atomic E-state index is 12.0. The van der Waals surface area contributed by atoms with E-state index in [0.29, 0.717) is 22.6 Å². The Kier molecular flexibility index (Phi) is 8.25. The first-order valence-electron chi connectivity index (χ1n) is 7.49. The van der Waals surface area contributed by atoms with Gasteiger partial charge in [-0.05, 0) is 37.8 Å². The second-order valence-electron chi connectivity index (χ2n) is 5.70. The molecule has 2 heterocycles. The molecule has 6 nitrogen and oxygen atoms in total. The largest absolute Gasteiger partial charge is 0.370 e. The molecule has 0 spiro atoms. The number of rotatable bonds is 5. The monoisotopic (exact) mass is 472 g/mol. The molecule has 1 aromatic rings. The molecule has 1 aliphatic rings. The van der Waals surface area contributed by atoms with Crippen LogP contribution in [-0.2, 0) is 10.0 Å². The van der Waals surface area contributed by atoms with Crippen LogP contribution < -0.4 is 10.5 Å². The molecule has 23 heavy (non-hydrogen) atoms. The average molecular weight is 472 g/mol. The molecule has 1 unspecified atom stereocenters. The maximum absolute atomic E-state index is 12.0. The van der Waals surface area contributed by atoms with Crippen LogP contribution >= 0.6 is 35.3 Å². The number of thiophene rings is 1. The van der Waals surface area contributed by atoms with Gasteiger partial charge in [-0.1, -0.05) is 6.92 Å². The summed E-state index contributed by atoms with van der Waals surface area (Å²) in [5.74, 6) is 1.14. The number of nitrogens with zero attached hydrogens (tertiary/aromatic N) is 2. The quantitative estimate of drug-likeness (QED) is 0.297. The molecule has 1 aliphatic heterocycles. The van der Waals surface area contributed by atoms with Crippen molar-refractivity contribution < 1.29 is 8.42 Å². The summed E-state index contributed by atoms with van der Waals surface area (Å²) in [5.41, 5.74) is 5.98. The first kappa shape index (κ1) is 20.7. The van der Waals surface area contributed by atoms with E-state index in [1.165, 1.54) is 17.8 Å². The van der Waals surface area contributed by atoms with Crippen molar-refractivity contribution in [2.75, 3.05) is 26.2 Å². The Labute approximate surface area is 159 Å². The van der Waals surface area contributed by atoms with E-state index in [0.717, 1.165) is 24.4 Å². The Hall–Kier alpha value is -0.390. The van der Waals surface area contributed by atoms with Crippen molar-refractivity contribution in [1.29, 1.82) is 0 Å². The van der Waals surface area contributed by atoms with Gasteiger partial charge in [0.2, 0.25) is 10.0 Å². The smallest absolute Gasteiger partial charge is 0.250 e. The van der Waals surface area contributed by atoms with Gasteiger partial charge in [0.05, 0.1) is 6.54 Å². The van der Waals surface area contributed by atoms with E-state index in [-0.39, 0.29) is 30.5 Å². The fourth-order valence-electron chi connectivity index (χ4n) is 2.48. The zero-order chi connectivity index (χ0) is 16.2. The number of aliphatic imine (C=N–C) groups is 1. The third-order valence-corrected chi connectivity index (χ3v) is 6.59. The number of halogens is 1. The fourth-order valence-corrected chi connectivity index (χ4v) is 4.82. The summed E-state index contributed by atoms with van der Waals surface area (Å²) in [6.45, 7) is 6.55. The lowest BCUT2D eigenvalue weighted by Crippen LogP contribution is -2.43. The van der Waals surface area contributed by atoms with E-state index in [4.69, 9.17) is 5.73 Å². The number of hydrogen-bond acceptors (Lipinski definition) is 4. The van der Waals surface area contributed by atoms with Crippen molar-refractivity contribution in [1.82, 2.24) is 9.62 Å². The molecule has 3 N–H and O–H groups in total. The Morgan fingerprint density at radius 2 is 2.26 bits per heavy atom. The molecule has 1 fully saturated rings. The molecular formula is C14H25IN4O2S2. The Morgan fingerprint density at radius 1 is 1.52 bits per heavy atom. The lowest BCUT2D eigenvalue weighted by molar-refractivity contribution is 0.270. The van der Waals surface area contributed by atoms with Gasteiger partial charge in [0.15, 0.2) is 5.96 Å². The highest BCUT2D eigenvalue weighted by molar-refractivity contribution is 14.0. The highest BCUT2D eigenvalue weighted by Crippen LogP contribution is 2.20. The standard InChI is InChI=1S/C14H24N4O2S2.HI/c1-11-4-3-9-18(10-11)14(15)16-7-8-17-22(19,20)13-6-5-12(2)21-13;/h5-6,11,17H,3-4,7-10H2,1-2H3,(H2,15,16);1H. The normalized spacial score (nSPS) is 19.5. The number of hydrogen-bond donors (Lipinski definition) is 2.